The molecule has 1 aromatic carbocycles. The Hall–Kier alpha value is -1.39. The zero-order valence-electron chi connectivity index (χ0n) is 12.5. The maximum atomic E-state index is 13.1. The first-order chi connectivity index (χ1) is 10.2. The summed E-state index contributed by atoms with van der Waals surface area (Å²) in [7, 11) is 0. The highest BCUT2D eigenvalue weighted by Gasteiger charge is 2.04. The predicted molar refractivity (Wildman–Crippen MR) is 86.9 cm³/mol. The molecule has 0 aliphatic carbocycles. The van der Waals surface area contributed by atoms with Crippen LogP contribution in [0.5, 0.6) is 0 Å². The fourth-order valence-corrected chi connectivity index (χ4v) is 2.85. The number of pyridine rings is 1. The number of hydrogen-bond donors (Lipinski definition) is 1. The lowest BCUT2D eigenvalue weighted by Crippen LogP contribution is -2.19. The summed E-state index contributed by atoms with van der Waals surface area (Å²) < 4.78 is 13.1. The molecule has 0 bridgehead atoms. The number of rotatable bonds is 7. The van der Waals surface area contributed by atoms with E-state index in [-0.39, 0.29) is 5.82 Å². The molecule has 0 spiro atoms. The highest BCUT2D eigenvalue weighted by Crippen LogP contribution is 2.24. The van der Waals surface area contributed by atoms with Crippen molar-refractivity contribution >= 4 is 11.8 Å². The van der Waals surface area contributed by atoms with E-state index >= 15 is 0 Å². The number of benzene rings is 1. The van der Waals surface area contributed by atoms with E-state index in [4.69, 9.17) is 0 Å². The lowest BCUT2D eigenvalue weighted by atomic mass is 10.1. The second kappa shape index (κ2) is 8.15. The van der Waals surface area contributed by atoms with Crippen LogP contribution in [0.25, 0.3) is 0 Å². The Labute approximate surface area is 130 Å². The van der Waals surface area contributed by atoms with Crippen molar-refractivity contribution in [1.82, 2.24) is 10.3 Å². The van der Waals surface area contributed by atoms with Crippen LogP contribution < -0.4 is 5.32 Å². The lowest BCUT2D eigenvalue weighted by molar-refractivity contribution is 0.570. The Morgan fingerprint density at radius 1 is 1.24 bits per heavy atom. The Balaban J connectivity index is 1.90. The summed E-state index contributed by atoms with van der Waals surface area (Å²) in [4.78, 5) is 5.05. The molecule has 2 rings (SSSR count). The van der Waals surface area contributed by atoms with Gasteiger partial charge in [0.15, 0.2) is 0 Å². The van der Waals surface area contributed by atoms with Crippen molar-refractivity contribution in [2.24, 2.45) is 0 Å². The van der Waals surface area contributed by atoms with Crippen molar-refractivity contribution in [3.8, 4) is 0 Å². The minimum Gasteiger partial charge on any atom is -0.310 e. The van der Waals surface area contributed by atoms with Gasteiger partial charge in [0, 0.05) is 22.9 Å². The zero-order chi connectivity index (χ0) is 15.1. The zero-order valence-corrected chi connectivity index (χ0v) is 13.3. The van der Waals surface area contributed by atoms with E-state index in [0.29, 0.717) is 6.04 Å². The van der Waals surface area contributed by atoms with Crippen LogP contribution in [0.15, 0.2) is 47.6 Å². The largest absolute Gasteiger partial charge is 0.310 e. The number of halogens is 1. The second-order valence-electron chi connectivity index (χ2n) is 5.04. The minimum absolute atomic E-state index is 0.278. The molecule has 2 aromatic rings. The van der Waals surface area contributed by atoms with Crippen LogP contribution in [0.4, 0.5) is 4.39 Å². The lowest BCUT2D eigenvalue weighted by Gasteiger charge is -2.14. The van der Waals surface area contributed by atoms with E-state index in [0.717, 1.165) is 24.3 Å². The van der Waals surface area contributed by atoms with Gasteiger partial charge in [-0.25, -0.2) is 4.39 Å². The van der Waals surface area contributed by atoms with E-state index in [1.165, 1.54) is 22.7 Å². The molecule has 1 unspecified atom stereocenters. The van der Waals surface area contributed by atoms with Gasteiger partial charge in [0.2, 0.25) is 0 Å². The molecule has 1 aromatic heterocycles. The normalized spacial score (nSPS) is 12.3. The average Bonchev–Trinajstić information content (AvgIpc) is 2.51. The third-order valence-corrected chi connectivity index (χ3v) is 4.33. The molecule has 0 fully saturated rings. The van der Waals surface area contributed by atoms with Gasteiger partial charge in [-0.3, -0.25) is 4.98 Å². The average molecular weight is 304 g/mol. The van der Waals surface area contributed by atoms with Gasteiger partial charge in [0.1, 0.15) is 5.82 Å². The molecule has 2 nitrogen and oxygen atoms in total. The van der Waals surface area contributed by atoms with Gasteiger partial charge in [-0.2, -0.15) is 0 Å². The number of nitrogens with zero attached hydrogens (tertiary/aromatic N) is 1. The Kier molecular flexibility index (Phi) is 6.21. The monoisotopic (exact) mass is 304 g/mol. The maximum Gasteiger partial charge on any atom is 0.141 e. The molecule has 0 saturated carbocycles. The van der Waals surface area contributed by atoms with Crippen molar-refractivity contribution in [2.45, 2.75) is 37.0 Å². The summed E-state index contributed by atoms with van der Waals surface area (Å²) >= 11 is 1.69. The third kappa shape index (κ3) is 5.14. The van der Waals surface area contributed by atoms with Crippen molar-refractivity contribution in [3.05, 3.63) is 59.7 Å². The first kappa shape index (κ1) is 16.0. The number of aromatic nitrogens is 1. The molecule has 0 amide bonds. The SMILES string of the molecule is CCCNC(C)c1ccc(SCc2cncc(F)c2)cc1. The summed E-state index contributed by atoms with van der Waals surface area (Å²) in [6.07, 6.45) is 4.08. The van der Waals surface area contributed by atoms with E-state index < -0.39 is 0 Å². The van der Waals surface area contributed by atoms with Crippen molar-refractivity contribution < 1.29 is 4.39 Å². The van der Waals surface area contributed by atoms with Crippen LogP contribution in [0.2, 0.25) is 0 Å². The molecule has 1 N–H and O–H groups in total. The predicted octanol–water partition coefficient (Wildman–Crippen LogP) is 4.57. The van der Waals surface area contributed by atoms with Gasteiger partial charge < -0.3 is 5.32 Å². The van der Waals surface area contributed by atoms with Gasteiger partial charge >= 0.3 is 0 Å². The standard InChI is InChI=1S/C17H21FN2S/c1-3-8-20-13(2)15-4-6-17(7-5-15)21-12-14-9-16(18)11-19-10-14/h4-7,9-11,13,20H,3,8,12H2,1-2H3. The number of thioether (sulfide) groups is 1. The maximum absolute atomic E-state index is 13.1. The molecule has 1 atom stereocenters. The number of hydrogen-bond acceptors (Lipinski definition) is 3. The summed E-state index contributed by atoms with van der Waals surface area (Å²) in [6, 6.07) is 10.5. The molecule has 4 heteroatoms. The topological polar surface area (TPSA) is 24.9 Å². The molecular weight excluding hydrogens is 283 g/mol. The van der Waals surface area contributed by atoms with Crippen LogP contribution in [-0.4, -0.2) is 11.5 Å². The molecule has 1 heterocycles. The first-order valence-electron chi connectivity index (χ1n) is 7.24. The van der Waals surface area contributed by atoms with Crippen LogP contribution in [0.1, 0.15) is 37.4 Å². The van der Waals surface area contributed by atoms with Crippen LogP contribution in [-0.2, 0) is 5.75 Å². The summed E-state index contributed by atoms with van der Waals surface area (Å²) in [5.74, 6) is 0.451. The molecule has 0 radical (unpaired) electrons. The van der Waals surface area contributed by atoms with Crippen molar-refractivity contribution in [1.29, 1.82) is 0 Å². The van der Waals surface area contributed by atoms with Gasteiger partial charge in [0.25, 0.3) is 0 Å². The van der Waals surface area contributed by atoms with Crippen molar-refractivity contribution in [3.63, 3.8) is 0 Å². The van der Waals surface area contributed by atoms with Crippen LogP contribution in [0.3, 0.4) is 0 Å². The highest BCUT2D eigenvalue weighted by molar-refractivity contribution is 7.98. The Morgan fingerprint density at radius 2 is 2.00 bits per heavy atom. The smallest absolute Gasteiger partial charge is 0.141 e. The quantitative estimate of drug-likeness (QED) is 0.758. The highest BCUT2D eigenvalue weighted by atomic mass is 32.2. The fourth-order valence-electron chi connectivity index (χ4n) is 2.03. The van der Waals surface area contributed by atoms with E-state index in [1.54, 1.807) is 18.0 Å². The molecule has 112 valence electrons. The van der Waals surface area contributed by atoms with Crippen molar-refractivity contribution in [2.75, 3.05) is 6.54 Å². The van der Waals surface area contributed by atoms with Crippen LogP contribution in [0, 0.1) is 5.82 Å². The first-order valence-corrected chi connectivity index (χ1v) is 8.23. The van der Waals surface area contributed by atoms with Gasteiger partial charge in [-0.1, -0.05) is 19.1 Å². The van der Waals surface area contributed by atoms with E-state index in [2.05, 4.69) is 48.4 Å². The molecular formula is C17H21FN2S. The molecule has 0 aliphatic rings. The second-order valence-corrected chi connectivity index (χ2v) is 6.09. The summed E-state index contributed by atoms with van der Waals surface area (Å²) in [5, 5.41) is 3.48. The molecule has 0 aliphatic heterocycles. The summed E-state index contributed by atoms with van der Waals surface area (Å²) in [6.45, 7) is 5.38. The third-order valence-electron chi connectivity index (χ3n) is 3.25. The Bertz CT molecular complexity index is 557. The van der Waals surface area contributed by atoms with Gasteiger partial charge in [-0.15, -0.1) is 11.8 Å². The summed E-state index contributed by atoms with van der Waals surface area (Å²) in [5.41, 5.74) is 2.20. The number of nitrogens with one attached hydrogen (secondary N) is 1. The molecule has 0 saturated heterocycles. The van der Waals surface area contributed by atoms with Crippen LogP contribution >= 0.6 is 11.8 Å². The molecule has 21 heavy (non-hydrogen) atoms. The van der Waals surface area contributed by atoms with E-state index in [9.17, 15) is 4.39 Å². The van der Waals surface area contributed by atoms with E-state index in [1.807, 2.05) is 0 Å². The Morgan fingerprint density at radius 3 is 2.67 bits per heavy atom. The van der Waals surface area contributed by atoms with Gasteiger partial charge in [0.05, 0.1) is 6.20 Å². The fraction of sp³-hybridized carbons (Fsp3) is 0.353. The minimum atomic E-state index is -0.278. The van der Waals surface area contributed by atoms with Gasteiger partial charge in [-0.05, 0) is 49.2 Å².